The summed E-state index contributed by atoms with van der Waals surface area (Å²) in [5.41, 5.74) is 2.70. The van der Waals surface area contributed by atoms with E-state index in [0.717, 1.165) is 23.3 Å². The lowest BCUT2D eigenvalue weighted by Gasteiger charge is -2.12. The molecule has 4 nitrogen and oxygen atoms in total. The van der Waals surface area contributed by atoms with Gasteiger partial charge in [0.25, 0.3) is 5.91 Å². The molecule has 0 aliphatic carbocycles. The second-order valence-corrected chi connectivity index (χ2v) is 5.39. The lowest BCUT2D eigenvalue weighted by atomic mass is 10.1. The van der Waals surface area contributed by atoms with Crippen molar-refractivity contribution in [3.8, 4) is 11.5 Å². The second kappa shape index (κ2) is 8.22. The van der Waals surface area contributed by atoms with Crippen LogP contribution in [0.15, 0.2) is 42.5 Å². The molecule has 2 rings (SSSR count). The van der Waals surface area contributed by atoms with Crippen LogP contribution in [0.25, 0.3) is 0 Å². The minimum Gasteiger partial charge on any atom is -0.493 e. The van der Waals surface area contributed by atoms with Crippen molar-refractivity contribution in [1.82, 2.24) is 5.32 Å². The molecule has 0 bridgehead atoms. The van der Waals surface area contributed by atoms with Gasteiger partial charge in [0.2, 0.25) is 0 Å². The van der Waals surface area contributed by atoms with Crippen molar-refractivity contribution in [3.05, 3.63) is 59.2 Å². The Morgan fingerprint density at radius 2 is 1.96 bits per heavy atom. The van der Waals surface area contributed by atoms with Crippen molar-refractivity contribution in [2.24, 2.45) is 0 Å². The summed E-state index contributed by atoms with van der Waals surface area (Å²) in [4.78, 5) is 12.2. The van der Waals surface area contributed by atoms with Gasteiger partial charge in [-0.15, -0.1) is 0 Å². The van der Waals surface area contributed by atoms with E-state index in [-0.39, 0.29) is 5.91 Å². The molecule has 2 aromatic carbocycles. The topological polar surface area (TPSA) is 47.6 Å². The van der Waals surface area contributed by atoms with Crippen molar-refractivity contribution in [2.75, 3.05) is 13.7 Å². The average molecular weight is 313 g/mol. The lowest BCUT2D eigenvalue weighted by molar-refractivity contribution is 0.0951. The molecule has 0 atom stereocenters. The van der Waals surface area contributed by atoms with Crippen LogP contribution < -0.4 is 14.8 Å². The van der Waals surface area contributed by atoms with Crippen molar-refractivity contribution < 1.29 is 14.3 Å². The van der Waals surface area contributed by atoms with Crippen molar-refractivity contribution in [3.63, 3.8) is 0 Å². The fourth-order valence-electron chi connectivity index (χ4n) is 2.22. The van der Waals surface area contributed by atoms with Crippen LogP contribution >= 0.6 is 0 Å². The van der Waals surface area contributed by atoms with E-state index < -0.39 is 0 Å². The molecule has 0 heterocycles. The Bertz CT molecular complexity index is 667. The highest BCUT2D eigenvalue weighted by Crippen LogP contribution is 2.28. The highest BCUT2D eigenvalue weighted by Gasteiger charge is 2.08. The largest absolute Gasteiger partial charge is 0.493 e. The van der Waals surface area contributed by atoms with E-state index >= 15 is 0 Å². The van der Waals surface area contributed by atoms with Crippen molar-refractivity contribution in [1.29, 1.82) is 0 Å². The molecule has 0 saturated heterocycles. The van der Waals surface area contributed by atoms with Gasteiger partial charge < -0.3 is 14.8 Å². The first-order chi connectivity index (χ1) is 11.1. The monoisotopic (exact) mass is 313 g/mol. The third-order valence-corrected chi connectivity index (χ3v) is 3.42. The molecule has 0 aromatic heterocycles. The minimum atomic E-state index is -0.0843. The molecular formula is C19H23NO3. The predicted octanol–water partition coefficient (Wildman–Crippen LogP) is 3.72. The standard InChI is InChI=1S/C19H23NO3/c1-4-10-23-17-9-8-15(12-18(17)22-3)13-20-19(21)16-7-5-6-14(2)11-16/h5-9,11-12H,4,10,13H2,1-3H3,(H,20,21). The van der Waals surface area contributed by atoms with Gasteiger partial charge in [-0.3, -0.25) is 4.79 Å². The van der Waals surface area contributed by atoms with Crippen LogP contribution in [0.4, 0.5) is 0 Å². The van der Waals surface area contributed by atoms with Gasteiger partial charge in [0, 0.05) is 12.1 Å². The van der Waals surface area contributed by atoms with E-state index in [4.69, 9.17) is 9.47 Å². The normalized spacial score (nSPS) is 10.2. The number of nitrogens with one attached hydrogen (secondary N) is 1. The summed E-state index contributed by atoms with van der Waals surface area (Å²) in [6.45, 7) is 5.12. The maximum Gasteiger partial charge on any atom is 0.251 e. The van der Waals surface area contributed by atoms with Gasteiger partial charge in [0.1, 0.15) is 0 Å². The van der Waals surface area contributed by atoms with Gasteiger partial charge >= 0.3 is 0 Å². The fourth-order valence-corrected chi connectivity index (χ4v) is 2.22. The van der Waals surface area contributed by atoms with Crippen molar-refractivity contribution in [2.45, 2.75) is 26.8 Å². The Morgan fingerprint density at radius 3 is 2.65 bits per heavy atom. The average Bonchev–Trinajstić information content (AvgIpc) is 2.58. The number of carbonyl (C=O) groups is 1. The number of hydrogen-bond donors (Lipinski definition) is 1. The summed E-state index contributed by atoms with van der Waals surface area (Å²) in [5.74, 6) is 1.32. The molecule has 1 N–H and O–H groups in total. The molecule has 2 aromatic rings. The number of methoxy groups -OCH3 is 1. The number of aryl methyl sites for hydroxylation is 1. The minimum absolute atomic E-state index is 0.0843. The van der Waals surface area contributed by atoms with Gasteiger partial charge in [-0.25, -0.2) is 0 Å². The molecule has 0 radical (unpaired) electrons. The Labute approximate surface area is 137 Å². The van der Waals surface area contributed by atoms with E-state index in [0.29, 0.717) is 24.5 Å². The Hall–Kier alpha value is -2.49. The van der Waals surface area contributed by atoms with Crippen LogP contribution in [0, 0.1) is 6.92 Å². The molecular weight excluding hydrogens is 290 g/mol. The first-order valence-corrected chi connectivity index (χ1v) is 7.78. The third kappa shape index (κ3) is 4.74. The van der Waals surface area contributed by atoms with E-state index in [1.165, 1.54) is 0 Å². The molecule has 0 fully saturated rings. The summed E-state index contributed by atoms with van der Waals surface area (Å²) in [6, 6.07) is 13.2. The Kier molecular flexibility index (Phi) is 6.03. The van der Waals surface area contributed by atoms with Crippen LogP contribution in [0.2, 0.25) is 0 Å². The summed E-state index contributed by atoms with van der Waals surface area (Å²) < 4.78 is 11.0. The number of ether oxygens (including phenoxy) is 2. The lowest BCUT2D eigenvalue weighted by Crippen LogP contribution is -2.22. The molecule has 0 spiro atoms. The van der Waals surface area contributed by atoms with Gasteiger partial charge in [-0.2, -0.15) is 0 Å². The van der Waals surface area contributed by atoms with E-state index in [2.05, 4.69) is 12.2 Å². The SMILES string of the molecule is CCCOc1ccc(CNC(=O)c2cccc(C)c2)cc1OC. The molecule has 1 amide bonds. The molecule has 4 heteroatoms. The van der Waals surface area contributed by atoms with E-state index in [1.807, 2.05) is 49.4 Å². The highest BCUT2D eigenvalue weighted by atomic mass is 16.5. The van der Waals surface area contributed by atoms with Crippen LogP contribution in [-0.2, 0) is 6.54 Å². The van der Waals surface area contributed by atoms with Crippen LogP contribution in [0.5, 0.6) is 11.5 Å². The molecule has 23 heavy (non-hydrogen) atoms. The summed E-state index contributed by atoms with van der Waals surface area (Å²) >= 11 is 0. The van der Waals surface area contributed by atoms with Gasteiger partial charge in [-0.1, -0.05) is 30.7 Å². The predicted molar refractivity (Wildman–Crippen MR) is 91.1 cm³/mol. The number of carbonyl (C=O) groups excluding carboxylic acids is 1. The molecule has 0 aliphatic rings. The molecule has 0 aliphatic heterocycles. The first-order valence-electron chi connectivity index (χ1n) is 7.78. The third-order valence-electron chi connectivity index (χ3n) is 3.42. The maximum absolute atomic E-state index is 12.2. The smallest absolute Gasteiger partial charge is 0.251 e. The van der Waals surface area contributed by atoms with Crippen LogP contribution in [0.3, 0.4) is 0 Å². The number of hydrogen-bond acceptors (Lipinski definition) is 3. The summed E-state index contributed by atoms with van der Waals surface area (Å²) in [7, 11) is 1.61. The second-order valence-electron chi connectivity index (χ2n) is 5.39. The Balaban J connectivity index is 2.01. The van der Waals surface area contributed by atoms with Gasteiger partial charge in [0.05, 0.1) is 13.7 Å². The molecule has 0 saturated carbocycles. The fraction of sp³-hybridized carbons (Fsp3) is 0.316. The quantitative estimate of drug-likeness (QED) is 0.847. The van der Waals surface area contributed by atoms with E-state index in [1.54, 1.807) is 7.11 Å². The maximum atomic E-state index is 12.2. The molecule has 0 unspecified atom stereocenters. The number of rotatable bonds is 7. The number of benzene rings is 2. The zero-order valence-electron chi connectivity index (χ0n) is 13.9. The number of amides is 1. The Morgan fingerprint density at radius 1 is 1.13 bits per heavy atom. The zero-order valence-corrected chi connectivity index (χ0v) is 13.9. The van der Waals surface area contributed by atoms with Gasteiger partial charge in [-0.05, 0) is 43.2 Å². The summed E-state index contributed by atoms with van der Waals surface area (Å²) in [6.07, 6.45) is 0.942. The van der Waals surface area contributed by atoms with Gasteiger partial charge in [0.15, 0.2) is 11.5 Å². The highest BCUT2D eigenvalue weighted by molar-refractivity contribution is 5.94. The van der Waals surface area contributed by atoms with E-state index in [9.17, 15) is 4.79 Å². The van der Waals surface area contributed by atoms with Crippen LogP contribution in [-0.4, -0.2) is 19.6 Å². The van der Waals surface area contributed by atoms with Crippen LogP contribution in [0.1, 0.15) is 34.8 Å². The summed E-state index contributed by atoms with van der Waals surface area (Å²) in [5, 5.41) is 2.92. The molecule has 122 valence electrons. The van der Waals surface area contributed by atoms with Crippen molar-refractivity contribution >= 4 is 5.91 Å². The zero-order chi connectivity index (χ0) is 16.7. The first kappa shape index (κ1) is 16.9.